The van der Waals surface area contributed by atoms with E-state index in [0.29, 0.717) is 22.3 Å². The van der Waals surface area contributed by atoms with Gasteiger partial charge in [-0.1, -0.05) is 290 Å². The highest BCUT2D eigenvalue weighted by atomic mass is 14.2. The second kappa shape index (κ2) is 20.0. The summed E-state index contributed by atoms with van der Waals surface area (Å²) in [7, 11) is 0. The van der Waals surface area contributed by atoms with E-state index in [1.54, 1.807) is 0 Å². The highest BCUT2D eigenvalue weighted by molar-refractivity contribution is 5.94. The maximum absolute atomic E-state index is 3.66. The molecule has 0 bridgehead atoms. The van der Waals surface area contributed by atoms with Crippen molar-refractivity contribution in [2.75, 3.05) is 0 Å². The monoisotopic (exact) mass is 808 g/mol. The first-order chi connectivity index (χ1) is 31.8. The molecule has 0 heterocycles. The zero-order valence-electron chi connectivity index (χ0n) is 35.1. The smallest absolute Gasteiger partial charge is 0.0622 e. The predicted molar refractivity (Wildman–Crippen MR) is 267 cm³/mol. The summed E-state index contributed by atoms with van der Waals surface area (Å²) in [6.07, 6.45) is 0. The first-order valence-corrected chi connectivity index (χ1v) is 21.3. The Morgan fingerprint density at radius 3 is 0.375 bits per heavy atom. The van der Waals surface area contributed by atoms with Crippen molar-refractivity contribution in [3.05, 3.63) is 309 Å². The normalized spacial score (nSPS) is 11.6. The van der Waals surface area contributed by atoms with Crippen molar-refractivity contribution in [2.24, 2.45) is 0 Å². The lowest BCUT2D eigenvalue weighted by atomic mass is 9.89. The zero-order valence-corrected chi connectivity index (χ0v) is 35.1. The Morgan fingerprint density at radius 2 is 0.266 bits per heavy atom. The fraction of sp³-hybridized carbons (Fsp3) is 0. The molecule has 0 unspecified atom stereocenters. The van der Waals surface area contributed by atoms with Gasteiger partial charge in [0.25, 0.3) is 0 Å². The van der Waals surface area contributed by atoms with Crippen LogP contribution >= 0.6 is 0 Å². The van der Waals surface area contributed by atoms with Gasteiger partial charge in [-0.2, -0.15) is 0 Å². The first kappa shape index (κ1) is 40.4. The molecule has 0 amide bonds. The molecule has 64 heavy (non-hydrogen) atoms. The van der Waals surface area contributed by atoms with E-state index in [0.717, 1.165) is 66.8 Å². The van der Waals surface area contributed by atoms with Crippen LogP contribution < -0.4 is 0 Å². The van der Waals surface area contributed by atoms with Gasteiger partial charge in [0.1, 0.15) is 0 Å². The number of hydrogen-bond donors (Lipinski definition) is 0. The molecular weight excluding hydrogens is 769 g/mol. The summed E-state index contributed by atoms with van der Waals surface area (Å²) >= 11 is 0. The summed E-state index contributed by atoms with van der Waals surface area (Å²) in [6.45, 7) is 0. The van der Waals surface area contributed by atoms with E-state index >= 15 is 0 Å². The average Bonchev–Trinajstić information content (AvgIpc) is 3.37. The molecule has 8 aromatic rings. The summed E-state index contributed by atoms with van der Waals surface area (Å²) in [5.74, 6) is 29.3. The van der Waals surface area contributed by atoms with Crippen LogP contribution in [0.2, 0.25) is 0 Å². The molecule has 0 spiro atoms. The second-order valence-electron chi connectivity index (χ2n) is 14.9. The largest absolute Gasteiger partial charge is 0.0836 e. The third-order valence-corrected chi connectivity index (χ3v) is 10.7. The molecule has 0 radical (unpaired) electrons. The zero-order chi connectivity index (χ0) is 43.2. The van der Waals surface area contributed by atoms with Gasteiger partial charge in [-0.15, -0.1) is 0 Å². The minimum atomic E-state index is 0.655. The van der Waals surface area contributed by atoms with Crippen LogP contribution in [0.25, 0.3) is 22.3 Å². The van der Waals surface area contributed by atoms with Gasteiger partial charge in [0.05, 0.1) is 22.3 Å². The molecule has 1 aliphatic carbocycles. The first-order valence-electron chi connectivity index (χ1n) is 21.3. The van der Waals surface area contributed by atoms with Gasteiger partial charge in [-0.05, 0) is 44.5 Å². The maximum Gasteiger partial charge on any atom is 0.0836 e. The van der Waals surface area contributed by atoms with Gasteiger partial charge in [-0.3, -0.25) is 0 Å². The van der Waals surface area contributed by atoms with Crippen LogP contribution in [0.1, 0.15) is 44.5 Å². The van der Waals surface area contributed by atoms with E-state index in [2.05, 4.69) is 241 Å². The molecule has 0 saturated heterocycles. The minimum absolute atomic E-state index is 0.655. The van der Waals surface area contributed by atoms with E-state index in [4.69, 9.17) is 0 Å². The maximum atomic E-state index is 3.66. The molecule has 1 aliphatic rings. The molecule has 0 N–H and O–H groups in total. The summed E-state index contributed by atoms with van der Waals surface area (Å²) in [4.78, 5) is 0. The molecule has 0 atom stereocenters. The van der Waals surface area contributed by atoms with E-state index in [-0.39, 0.29) is 0 Å². The molecule has 0 aliphatic heterocycles. The highest BCUT2D eigenvalue weighted by Crippen LogP contribution is 2.32. The molecule has 0 saturated carbocycles. The Hall–Kier alpha value is -9.04. The summed E-state index contributed by atoms with van der Waals surface area (Å²) < 4.78 is 0. The molecule has 296 valence electrons. The number of benzene rings is 8. The number of allylic oxidation sites excluding steroid dienone is 4. The van der Waals surface area contributed by atoms with Gasteiger partial charge in [-0.25, -0.2) is 0 Å². The molecule has 0 fully saturated rings. The van der Waals surface area contributed by atoms with Gasteiger partial charge >= 0.3 is 0 Å². The van der Waals surface area contributed by atoms with Crippen molar-refractivity contribution in [1.29, 1.82) is 0 Å². The highest BCUT2D eigenvalue weighted by Gasteiger charge is 2.16. The van der Waals surface area contributed by atoms with Crippen molar-refractivity contribution in [3.63, 3.8) is 0 Å². The van der Waals surface area contributed by atoms with Gasteiger partial charge in [0.2, 0.25) is 0 Å². The van der Waals surface area contributed by atoms with Crippen LogP contribution in [0, 0.1) is 47.4 Å². The Morgan fingerprint density at radius 1 is 0.156 bits per heavy atom. The SMILES string of the molecule is C1#CC(=C(c2ccccc2)c2ccccc2)C#CC(=C(c2ccccc2)c2ccccc2)C#CC(=C(c2ccccc2)c2ccccc2)C#CC1=C(c1ccccc1)c1ccccc1. The van der Waals surface area contributed by atoms with Crippen molar-refractivity contribution < 1.29 is 0 Å². The molecule has 0 nitrogen and oxygen atoms in total. The van der Waals surface area contributed by atoms with Gasteiger partial charge in [0.15, 0.2) is 0 Å². The Kier molecular flexibility index (Phi) is 12.6. The van der Waals surface area contributed by atoms with Crippen LogP contribution in [0.4, 0.5) is 0 Å². The van der Waals surface area contributed by atoms with E-state index < -0.39 is 0 Å². The molecule has 9 rings (SSSR count). The van der Waals surface area contributed by atoms with Crippen LogP contribution in [-0.4, -0.2) is 0 Å². The summed E-state index contributed by atoms with van der Waals surface area (Å²) in [5.41, 5.74) is 14.4. The predicted octanol–water partition coefficient (Wildman–Crippen LogP) is 14.0. The van der Waals surface area contributed by atoms with Crippen molar-refractivity contribution in [3.8, 4) is 47.4 Å². The van der Waals surface area contributed by atoms with Gasteiger partial charge < -0.3 is 0 Å². The molecule has 8 aromatic carbocycles. The lowest BCUT2D eigenvalue weighted by Gasteiger charge is -2.12. The third kappa shape index (κ3) is 9.46. The molecule has 0 heteroatoms. The molecular formula is C64H40. The van der Waals surface area contributed by atoms with Crippen LogP contribution in [-0.2, 0) is 0 Å². The van der Waals surface area contributed by atoms with E-state index in [9.17, 15) is 0 Å². The number of hydrogen-bond acceptors (Lipinski definition) is 0. The van der Waals surface area contributed by atoms with Crippen LogP contribution in [0.15, 0.2) is 265 Å². The summed E-state index contributed by atoms with van der Waals surface area (Å²) in [5, 5.41) is 0. The third-order valence-electron chi connectivity index (χ3n) is 10.7. The van der Waals surface area contributed by atoms with Gasteiger partial charge in [0, 0.05) is 22.3 Å². The Balaban J connectivity index is 1.47. The van der Waals surface area contributed by atoms with Crippen molar-refractivity contribution in [1.82, 2.24) is 0 Å². The molecule has 0 aromatic heterocycles. The second-order valence-corrected chi connectivity index (χ2v) is 14.9. The van der Waals surface area contributed by atoms with Crippen LogP contribution in [0.5, 0.6) is 0 Å². The Labute approximate surface area is 377 Å². The average molecular weight is 809 g/mol. The van der Waals surface area contributed by atoms with Crippen molar-refractivity contribution >= 4 is 22.3 Å². The quantitative estimate of drug-likeness (QED) is 0.134. The van der Waals surface area contributed by atoms with E-state index in [1.165, 1.54) is 0 Å². The standard InChI is InChI=1S/C64H40/c1-9-25-49(26-10-1)61(50-27-11-2-12-28-50)57-41-43-58(62(51-29-13-3-14-30-51)52-31-15-4-16-32-52)45-47-60(64(55-37-21-7-22-38-55)56-39-23-8-24-40-56)48-46-59(44-42-57)63(53-33-17-5-18-34-53)54-35-19-6-20-36-54/h1-40H. The lowest BCUT2D eigenvalue weighted by molar-refractivity contribution is 1.52. The van der Waals surface area contributed by atoms with E-state index in [1.807, 2.05) is 48.5 Å². The Bertz CT molecular complexity index is 2620. The lowest BCUT2D eigenvalue weighted by Crippen LogP contribution is -1.97. The van der Waals surface area contributed by atoms with Crippen molar-refractivity contribution in [2.45, 2.75) is 0 Å². The number of rotatable bonds is 8. The fourth-order valence-electron chi connectivity index (χ4n) is 7.78. The fourth-order valence-corrected chi connectivity index (χ4v) is 7.78. The van der Waals surface area contributed by atoms with Crippen LogP contribution in [0.3, 0.4) is 0 Å². The minimum Gasteiger partial charge on any atom is -0.0622 e. The topological polar surface area (TPSA) is 0 Å². The summed E-state index contributed by atoms with van der Waals surface area (Å²) in [6, 6.07) is 83.0.